The molecule has 6 nitrogen and oxygen atoms in total. The van der Waals surface area contributed by atoms with Gasteiger partial charge >= 0.3 is 6.03 Å². The van der Waals surface area contributed by atoms with Crippen molar-refractivity contribution in [2.45, 2.75) is 52.0 Å². The van der Waals surface area contributed by atoms with Gasteiger partial charge < -0.3 is 20.1 Å². The van der Waals surface area contributed by atoms with Crippen molar-refractivity contribution in [2.24, 2.45) is 0 Å². The highest BCUT2D eigenvalue weighted by Crippen LogP contribution is 2.18. The van der Waals surface area contributed by atoms with Gasteiger partial charge in [0.2, 0.25) is 5.91 Å². The predicted molar refractivity (Wildman–Crippen MR) is 92.9 cm³/mol. The molecule has 1 saturated heterocycles. The van der Waals surface area contributed by atoms with E-state index in [1.54, 1.807) is 0 Å². The van der Waals surface area contributed by atoms with Crippen LogP contribution in [0.25, 0.3) is 0 Å². The maximum atomic E-state index is 12.5. The number of nitrogens with zero attached hydrogens (tertiary/aromatic N) is 2. The van der Waals surface area contributed by atoms with Crippen LogP contribution in [0.2, 0.25) is 0 Å². The molecule has 0 radical (unpaired) electrons. The van der Waals surface area contributed by atoms with Gasteiger partial charge in [-0.15, -0.1) is 0 Å². The van der Waals surface area contributed by atoms with Crippen molar-refractivity contribution >= 4 is 11.9 Å². The van der Waals surface area contributed by atoms with E-state index >= 15 is 0 Å². The molecule has 6 heteroatoms. The summed E-state index contributed by atoms with van der Waals surface area (Å²) in [5, 5.41) is 3.12. The summed E-state index contributed by atoms with van der Waals surface area (Å²) in [4.78, 5) is 31.7. The van der Waals surface area contributed by atoms with Gasteiger partial charge in [0.1, 0.15) is 0 Å². The fourth-order valence-corrected chi connectivity index (χ4v) is 3.74. The van der Waals surface area contributed by atoms with Gasteiger partial charge in [0.25, 0.3) is 0 Å². The molecular formula is C18H28N4O2. The number of nitrogens with one attached hydrogen (secondary N) is 2. The number of hydrogen-bond donors (Lipinski definition) is 2. The number of piperazine rings is 1. The summed E-state index contributed by atoms with van der Waals surface area (Å²) in [7, 11) is 0. The Balaban J connectivity index is 1.46. The summed E-state index contributed by atoms with van der Waals surface area (Å²) in [5.41, 5.74) is 3.22. The quantitative estimate of drug-likeness (QED) is 0.888. The lowest BCUT2D eigenvalue weighted by atomic mass is 10.1. The lowest BCUT2D eigenvalue weighted by molar-refractivity contribution is -0.131. The molecule has 1 aliphatic carbocycles. The van der Waals surface area contributed by atoms with Crippen molar-refractivity contribution < 1.29 is 9.59 Å². The van der Waals surface area contributed by atoms with Crippen LogP contribution in [-0.2, 0) is 11.2 Å². The van der Waals surface area contributed by atoms with Crippen LogP contribution < -0.4 is 5.32 Å². The van der Waals surface area contributed by atoms with Gasteiger partial charge in [0, 0.05) is 43.6 Å². The standard InChI is InChI=1S/C18H28N4O2/c1-13-11-15(14(2)19-13)12-17(23)21-7-9-22(10-8-21)18(24)20-16-5-3-4-6-16/h11,16,19H,3-10,12H2,1-2H3,(H,20,24). The number of carbonyl (C=O) groups excluding carboxylic acids is 2. The SMILES string of the molecule is Cc1cc(CC(=O)N2CCN(C(=O)NC3CCCC3)CC2)c(C)[nH]1. The van der Waals surface area contributed by atoms with Gasteiger partial charge in [-0.1, -0.05) is 12.8 Å². The van der Waals surface area contributed by atoms with Crippen molar-refractivity contribution in [1.29, 1.82) is 0 Å². The Morgan fingerprint density at radius 1 is 1.12 bits per heavy atom. The highest BCUT2D eigenvalue weighted by Gasteiger charge is 2.26. The van der Waals surface area contributed by atoms with Gasteiger partial charge in [-0.05, 0) is 38.3 Å². The molecule has 2 fully saturated rings. The van der Waals surface area contributed by atoms with Crippen LogP contribution in [-0.4, -0.2) is 58.9 Å². The van der Waals surface area contributed by atoms with Crippen LogP contribution in [0.5, 0.6) is 0 Å². The molecule has 0 unspecified atom stereocenters. The highest BCUT2D eigenvalue weighted by molar-refractivity contribution is 5.80. The number of H-pyrrole nitrogens is 1. The second-order valence-electron chi connectivity index (χ2n) is 7.08. The van der Waals surface area contributed by atoms with Gasteiger partial charge in [0.05, 0.1) is 6.42 Å². The summed E-state index contributed by atoms with van der Waals surface area (Å²) < 4.78 is 0. The first-order chi connectivity index (χ1) is 11.5. The molecule has 2 heterocycles. The Morgan fingerprint density at radius 3 is 2.33 bits per heavy atom. The van der Waals surface area contributed by atoms with Gasteiger partial charge in [-0.2, -0.15) is 0 Å². The Bertz CT molecular complexity index is 596. The van der Waals surface area contributed by atoms with E-state index in [-0.39, 0.29) is 11.9 Å². The van der Waals surface area contributed by atoms with Crippen LogP contribution in [0.4, 0.5) is 4.79 Å². The summed E-state index contributed by atoms with van der Waals surface area (Å²) >= 11 is 0. The topological polar surface area (TPSA) is 68.4 Å². The molecule has 3 rings (SSSR count). The molecule has 1 aromatic rings. The zero-order valence-corrected chi connectivity index (χ0v) is 14.7. The fourth-order valence-electron chi connectivity index (χ4n) is 3.74. The largest absolute Gasteiger partial charge is 0.362 e. The first-order valence-corrected chi connectivity index (χ1v) is 9.01. The second-order valence-corrected chi connectivity index (χ2v) is 7.08. The molecule has 1 aromatic heterocycles. The van der Waals surface area contributed by atoms with E-state index in [1.807, 2.05) is 29.7 Å². The molecule has 132 valence electrons. The number of hydrogen-bond acceptors (Lipinski definition) is 2. The van der Waals surface area contributed by atoms with E-state index < -0.39 is 0 Å². The molecule has 0 spiro atoms. The molecule has 0 aromatic carbocycles. The summed E-state index contributed by atoms with van der Waals surface area (Å²) in [6.07, 6.45) is 5.06. The fraction of sp³-hybridized carbons (Fsp3) is 0.667. The maximum absolute atomic E-state index is 12.5. The van der Waals surface area contributed by atoms with E-state index in [4.69, 9.17) is 0 Å². The molecule has 24 heavy (non-hydrogen) atoms. The van der Waals surface area contributed by atoms with Crippen molar-refractivity contribution in [2.75, 3.05) is 26.2 Å². The van der Waals surface area contributed by atoms with Crippen molar-refractivity contribution in [3.8, 4) is 0 Å². The number of aromatic nitrogens is 1. The Kier molecular flexibility index (Phi) is 5.11. The minimum absolute atomic E-state index is 0.0334. The normalized spacial score (nSPS) is 18.9. The Labute approximate surface area is 143 Å². The zero-order chi connectivity index (χ0) is 17.1. The van der Waals surface area contributed by atoms with Crippen LogP contribution in [0, 0.1) is 13.8 Å². The van der Waals surface area contributed by atoms with Crippen LogP contribution in [0.3, 0.4) is 0 Å². The third-order valence-corrected chi connectivity index (χ3v) is 5.20. The van der Waals surface area contributed by atoms with Crippen LogP contribution >= 0.6 is 0 Å². The molecule has 3 amide bonds. The molecular weight excluding hydrogens is 304 g/mol. The second kappa shape index (κ2) is 7.28. The highest BCUT2D eigenvalue weighted by atomic mass is 16.2. The lowest BCUT2D eigenvalue weighted by Crippen LogP contribution is -2.54. The minimum Gasteiger partial charge on any atom is -0.362 e. The van der Waals surface area contributed by atoms with Crippen LogP contribution in [0.1, 0.15) is 42.6 Å². The average molecular weight is 332 g/mol. The zero-order valence-electron chi connectivity index (χ0n) is 14.7. The third-order valence-electron chi connectivity index (χ3n) is 5.20. The van der Waals surface area contributed by atoms with Crippen molar-refractivity contribution in [3.05, 3.63) is 23.0 Å². The number of amides is 3. The maximum Gasteiger partial charge on any atom is 0.317 e. The molecule has 1 aliphatic heterocycles. The molecule has 0 atom stereocenters. The minimum atomic E-state index is 0.0334. The van der Waals surface area contributed by atoms with E-state index in [0.29, 0.717) is 38.6 Å². The first kappa shape index (κ1) is 16.9. The van der Waals surface area contributed by atoms with Crippen LogP contribution in [0.15, 0.2) is 6.07 Å². The van der Waals surface area contributed by atoms with E-state index in [2.05, 4.69) is 10.3 Å². The van der Waals surface area contributed by atoms with Gasteiger partial charge in [-0.3, -0.25) is 4.79 Å². The molecule has 2 N–H and O–H groups in total. The number of urea groups is 1. The molecule has 2 aliphatic rings. The molecule has 0 bridgehead atoms. The van der Waals surface area contributed by atoms with Crippen molar-refractivity contribution in [1.82, 2.24) is 20.1 Å². The van der Waals surface area contributed by atoms with Crippen molar-refractivity contribution in [3.63, 3.8) is 0 Å². The lowest BCUT2D eigenvalue weighted by Gasteiger charge is -2.35. The number of carbonyl (C=O) groups is 2. The third kappa shape index (κ3) is 3.91. The van der Waals surface area contributed by atoms with Gasteiger partial charge in [0.15, 0.2) is 0 Å². The Hall–Kier alpha value is -1.98. The van der Waals surface area contributed by atoms with E-state index in [0.717, 1.165) is 29.8 Å². The monoisotopic (exact) mass is 332 g/mol. The number of aryl methyl sites for hydroxylation is 2. The number of aromatic amines is 1. The molecule has 1 saturated carbocycles. The summed E-state index contributed by atoms with van der Waals surface area (Å²) in [6.45, 7) is 6.49. The Morgan fingerprint density at radius 2 is 1.75 bits per heavy atom. The smallest absolute Gasteiger partial charge is 0.317 e. The van der Waals surface area contributed by atoms with E-state index in [1.165, 1.54) is 12.8 Å². The number of rotatable bonds is 3. The van der Waals surface area contributed by atoms with E-state index in [9.17, 15) is 9.59 Å². The first-order valence-electron chi connectivity index (χ1n) is 9.01. The predicted octanol–water partition coefficient (Wildman–Crippen LogP) is 1.97. The average Bonchev–Trinajstić information content (AvgIpc) is 3.17. The summed E-state index contributed by atoms with van der Waals surface area (Å²) in [6, 6.07) is 2.42. The summed E-state index contributed by atoms with van der Waals surface area (Å²) in [5.74, 6) is 0.146. The van der Waals surface area contributed by atoms with Gasteiger partial charge in [-0.25, -0.2) is 4.79 Å².